The smallest absolute Gasteiger partial charge is 0.136 e. The van der Waals surface area contributed by atoms with Crippen LogP contribution in [0.25, 0.3) is 82.8 Å². The summed E-state index contributed by atoms with van der Waals surface area (Å²) in [4.78, 5) is 10.5. The summed E-state index contributed by atoms with van der Waals surface area (Å²) >= 11 is 0. The molecule has 0 spiro atoms. The number of nitrogens with one attached hydrogen (secondary N) is 1. The summed E-state index contributed by atoms with van der Waals surface area (Å²) in [5.74, 6) is 0.854. The highest BCUT2D eigenvalue weighted by Crippen LogP contribution is 2.46. The van der Waals surface area contributed by atoms with Crippen molar-refractivity contribution in [3.05, 3.63) is 217 Å². The number of nitrogens with zero attached hydrogens (tertiary/aromatic N) is 2. The number of aliphatic imine (C=N–C) groups is 1. The zero-order valence-corrected chi connectivity index (χ0v) is 30.9. The van der Waals surface area contributed by atoms with E-state index < -0.39 is 0 Å². The third kappa shape index (κ3) is 5.78. The van der Waals surface area contributed by atoms with Gasteiger partial charge in [-0.2, -0.15) is 0 Å². The molecule has 2 aromatic heterocycles. The van der Waals surface area contributed by atoms with Gasteiger partial charge in [-0.15, -0.1) is 0 Å². The number of hydrogen-bond donors (Lipinski definition) is 1. The summed E-state index contributed by atoms with van der Waals surface area (Å²) in [5, 5.41) is 9.20. The van der Waals surface area contributed by atoms with Gasteiger partial charge in [-0.1, -0.05) is 176 Å². The van der Waals surface area contributed by atoms with Crippen LogP contribution in [0.5, 0.6) is 0 Å². The molecule has 0 saturated carbocycles. The fraction of sp³-hybridized carbons (Fsp3) is 0.0189. The van der Waals surface area contributed by atoms with Crippen LogP contribution in [0.15, 0.2) is 210 Å². The molecule has 1 atom stereocenters. The van der Waals surface area contributed by atoms with E-state index in [1.54, 1.807) is 0 Å². The van der Waals surface area contributed by atoms with Crippen molar-refractivity contribution in [1.82, 2.24) is 10.3 Å². The highest BCUT2D eigenvalue weighted by Gasteiger charge is 2.23. The average molecular weight is 730 g/mol. The molecule has 0 saturated heterocycles. The van der Waals surface area contributed by atoms with Gasteiger partial charge < -0.3 is 9.73 Å². The van der Waals surface area contributed by atoms with Crippen molar-refractivity contribution in [2.24, 2.45) is 4.99 Å². The zero-order chi connectivity index (χ0) is 37.7. The van der Waals surface area contributed by atoms with Gasteiger partial charge in [0.25, 0.3) is 0 Å². The molecule has 57 heavy (non-hydrogen) atoms. The number of fused-ring (bicyclic) bond motifs is 6. The standard InChI is InChI=1S/C53H35N3O/c1-4-14-34(15-5-1)35-24-28-38(29-25-35)49-50-41-20-10-12-22-44(41)54-52(43(50)32-48-51(49)42-21-11-13-23-47(42)57-48)39-30-26-37(27-31-39)46-33-45(36-16-6-2-7-17-36)55-53(56-46)40-18-8-3-9-19-40/h1-33,45H,(H,55,56). The highest BCUT2D eigenvalue weighted by molar-refractivity contribution is 6.27. The van der Waals surface area contributed by atoms with Gasteiger partial charge in [0.05, 0.1) is 22.9 Å². The first-order valence-corrected chi connectivity index (χ1v) is 19.4. The topological polar surface area (TPSA) is 50.4 Å². The lowest BCUT2D eigenvalue weighted by Crippen LogP contribution is -2.31. The van der Waals surface area contributed by atoms with Crippen molar-refractivity contribution in [3.8, 4) is 33.5 Å². The van der Waals surface area contributed by atoms with Crippen molar-refractivity contribution >= 4 is 55.1 Å². The van der Waals surface area contributed by atoms with E-state index >= 15 is 0 Å². The van der Waals surface area contributed by atoms with Gasteiger partial charge >= 0.3 is 0 Å². The van der Waals surface area contributed by atoms with Crippen molar-refractivity contribution in [2.75, 3.05) is 0 Å². The van der Waals surface area contributed by atoms with Crippen LogP contribution >= 0.6 is 0 Å². The molecule has 0 amide bonds. The normalized spacial score (nSPS) is 14.1. The van der Waals surface area contributed by atoms with Crippen molar-refractivity contribution in [3.63, 3.8) is 0 Å². The summed E-state index contributed by atoms with van der Waals surface area (Å²) in [6, 6.07) is 68.1. The minimum Gasteiger partial charge on any atom is -0.456 e. The number of para-hydroxylation sites is 2. The third-order valence-electron chi connectivity index (χ3n) is 11.1. The quantitative estimate of drug-likeness (QED) is 0.173. The first kappa shape index (κ1) is 32.8. The van der Waals surface area contributed by atoms with Crippen LogP contribution in [0.4, 0.5) is 0 Å². The molecule has 1 aliphatic rings. The molecule has 0 bridgehead atoms. The van der Waals surface area contributed by atoms with Crippen LogP contribution in [0.3, 0.4) is 0 Å². The zero-order valence-electron chi connectivity index (χ0n) is 30.9. The Labute approximate surface area is 330 Å². The molecule has 0 aliphatic carbocycles. The lowest BCUT2D eigenvalue weighted by atomic mass is 9.89. The number of pyridine rings is 1. The highest BCUT2D eigenvalue weighted by atomic mass is 16.3. The second-order valence-electron chi connectivity index (χ2n) is 14.6. The van der Waals surface area contributed by atoms with Crippen LogP contribution in [0, 0.1) is 0 Å². The molecule has 1 N–H and O–H groups in total. The molecule has 4 nitrogen and oxygen atoms in total. The van der Waals surface area contributed by atoms with Gasteiger partial charge in [-0.3, -0.25) is 0 Å². The van der Waals surface area contributed by atoms with Crippen LogP contribution < -0.4 is 5.32 Å². The van der Waals surface area contributed by atoms with E-state index in [2.05, 4.69) is 193 Å². The Bertz CT molecular complexity index is 3170. The summed E-state index contributed by atoms with van der Waals surface area (Å²) < 4.78 is 6.65. The summed E-state index contributed by atoms with van der Waals surface area (Å²) in [6.45, 7) is 0. The minimum atomic E-state index is -0.0221. The Morgan fingerprint density at radius 2 is 1.02 bits per heavy atom. The molecule has 0 fully saturated rings. The number of aromatic nitrogens is 1. The Morgan fingerprint density at radius 1 is 0.439 bits per heavy atom. The molecular formula is C53H35N3O. The van der Waals surface area contributed by atoms with Crippen LogP contribution in [-0.2, 0) is 0 Å². The van der Waals surface area contributed by atoms with Gasteiger partial charge in [-0.05, 0) is 52.1 Å². The van der Waals surface area contributed by atoms with Crippen LogP contribution in [0.2, 0.25) is 0 Å². The molecule has 268 valence electrons. The molecule has 0 radical (unpaired) electrons. The van der Waals surface area contributed by atoms with E-state index in [-0.39, 0.29) is 6.04 Å². The average Bonchev–Trinajstić information content (AvgIpc) is 3.67. The largest absolute Gasteiger partial charge is 0.456 e. The van der Waals surface area contributed by atoms with E-state index in [0.717, 1.165) is 88.7 Å². The van der Waals surface area contributed by atoms with Gasteiger partial charge in [0.15, 0.2) is 0 Å². The van der Waals surface area contributed by atoms with Crippen molar-refractivity contribution < 1.29 is 4.42 Å². The molecular weight excluding hydrogens is 695 g/mol. The lowest BCUT2D eigenvalue weighted by molar-refractivity contribution is 0.669. The number of rotatable bonds is 6. The van der Waals surface area contributed by atoms with E-state index in [4.69, 9.17) is 14.4 Å². The molecule has 8 aromatic carbocycles. The summed E-state index contributed by atoms with van der Waals surface area (Å²) in [7, 11) is 0. The van der Waals surface area contributed by atoms with Gasteiger partial charge in [0.1, 0.15) is 17.0 Å². The SMILES string of the molecule is C1=C(c2ccc(-c3nc4ccccc4c4c(-c5ccc(-c6ccccc6)cc5)c5c(cc34)oc3ccccc35)cc2)N=C(c2ccccc2)NC1c1ccccc1. The third-order valence-corrected chi connectivity index (χ3v) is 11.1. The van der Waals surface area contributed by atoms with Crippen molar-refractivity contribution in [2.45, 2.75) is 6.04 Å². The van der Waals surface area contributed by atoms with Gasteiger partial charge in [-0.25, -0.2) is 9.98 Å². The van der Waals surface area contributed by atoms with E-state index in [1.165, 1.54) is 16.7 Å². The Balaban J connectivity index is 1.10. The Hall–Kier alpha value is -7.56. The second-order valence-corrected chi connectivity index (χ2v) is 14.6. The maximum absolute atomic E-state index is 6.65. The van der Waals surface area contributed by atoms with E-state index in [9.17, 15) is 0 Å². The number of furan rings is 1. The first-order chi connectivity index (χ1) is 28.2. The van der Waals surface area contributed by atoms with Gasteiger partial charge in [0.2, 0.25) is 0 Å². The Morgan fingerprint density at radius 3 is 1.77 bits per heavy atom. The molecule has 1 unspecified atom stereocenters. The van der Waals surface area contributed by atoms with Gasteiger partial charge in [0, 0.05) is 43.6 Å². The second kappa shape index (κ2) is 13.6. The monoisotopic (exact) mass is 729 g/mol. The van der Waals surface area contributed by atoms with Crippen LogP contribution in [0.1, 0.15) is 22.7 Å². The molecule has 10 aromatic rings. The van der Waals surface area contributed by atoms with Crippen molar-refractivity contribution in [1.29, 1.82) is 0 Å². The van der Waals surface area contributed by atoms with E-state index in [0.29, 0.717) is 0 Å². The molecule has 3 heterocycles. The first-order valence-electron chi connectivity index (χ1n) is 19.4. The summed E-state index contributed by atoms with van der Waals surface area (Å²) in [5.41, 5.74) is 13.5. The predicted octanol–water partition coefficient (Wildman–Crippen LogP) is 13.4. The molecule has 1 aliphatic heterocycles. The van der Waals surface area contributed by atoms with E-state index in [1.807, 2.05) is 12.1 Å². The molecule has 4 heteroatoms. The summed E-state index contributed by atoms with van der Waals surface area (Å²) in [6.07, 6.45) is 2.22. The number of amidine groups is 1. The fourth-order valence-electron chi connectivity index (χ4n) is 8.37. The Kier molecular flexibility index (Phi) is 7.85. The predicted molar refractivity (Wildman–Crippen MR) is 236 cm³/mol. The molecule has 11 rings (SSSR count). The maximum atomic E-state index is 6.65. The lowest BCUT2D eigenvalue weighted by Gasteiger charge is -2.24. The number of benzene rings is 8. The maximum Gasteiger partial charge on any atom is 0.136 e. The number of hydrogen-bond acceptors (Lipinski definition) is 4. The fourth-order valence-corrected chi connectivity index (χ4v) is 8.37. The van der Waals surface area contributed by atoms with Crippen LogP contribution in [-0.4, -0.2) is 10.8 Å². The minimum absolute atomic E-state index is 0.0221.